The summed E-state index contributed by atoms with van der Waals surface area (Å²) in [6.45, 7) is 1.83. The maximum absolute atomic E-state index is 13.5. The van der Waals surface area contributed by atoms with E-state index < -0.39 is 6.04 Å². The Bertz CT molecular complexity index is 1110. The second-order valence-electron chi connectivity index (χ2n) is 7.61. The summed E-state index contributed by atoms with van der Waals surface area (Å²) >= 11 is 0. The van der Waals surface area contributed by atoms with Crippen molar-refractivity contribution in [1.29, 1.82) is 0 Å². The van der Waals surface area contributed by atoms with Crippen LogP contribution < -0.4 is 10.2 Å². The highest BCUT2D eigenvalue weighted by atomic mass is 16.3. The van der Waals surface area contributed by atoms with E-state index in [9.17, 15) is 9.59 Å². The van der Waals surface area contributed by atoms with Gasteiger partial charge in [0.05, 0.1) is 23.9 Å². The summed E-state index contributed by atoms with van der Waals surface area (Å²) in [5, 5.41) is 3.47. The second kappa shape index (κ2) is 7.37. The maximum Gasteiger partial charge on any atom is 0.227 e. The summed E-state index contributed by atoms with van der Waals surface area (Å²) in [5.41, 5.74) is 2.94. The van der Waals surface area contributed by atoms with Crippen molar-refractivity contribution in [3.63, 3.8) is 0 Å². The quantitative estimate of drug-likeness (QED) is 0.653. The van der Waals surface area contributed by atoms with Crippen LogP contribution in [0.1, 0.15) is 49.7 Å². The van der Waals surface area contributed by atoms with E-state index in [2.05, 4.69) is 5.32 Å². The molecule has 3 heterocycles. The van der Waals surface area contributed by atoms with Gasteiger partial charge >= 0.3 is 0 Å². The lowest BCUT2D eigenvalue weighted by Crippen LogP contribution is -2.38. The second-order valence-corrected chi connectivity index (χ2v) is 7.61. The topological polar surface area (TPSA) is 75.7 Å². The van der Waals surface area contributed by atoms with Gasteiger partial charge in [0.2, 0.25) is 5.91 Å². The van der Waals surface area contributed by atoms with Gasteiger partial charge in [-0.15, -0.1) is 0 Å². The Morgan fingerprint density at radius 2 is 1.77 bits per heavy atom. The highest BCUT2D eigenvalue weighted by molar-refractivity contribution is 6.06. The Morgan fingerprint density at radius 1 is 1.03 bits per heavy atom. The van der Waals surface area contributed by atoms with Crippen LogP contribution in [-0.2, 0) is 9.59 Å². The highest BCUT2D eigenvalue weighted by Crippen LogP contribution is 2.47. The molecule has 0 bridgehead atoms. The number of carbonyl (C=O) groups is 2. The minimum Gasteiger partial charge on any atom is -0.469 e. The fourth-order valence-corrected chi connectivity index (χ4v) is 4.48. The normalized spacial score (nSPS) is 21.0. The predicted molar refractivity (Wildman–Crippen MR) is 112 cm³/mol. The van der Waals surface area contributed by atoms with Crippen LogP contribution in [-0.4, -0.2) is 11.7 Å². The van der Waals surface area contributed by atoms with Gasteiger partial charge in [-0.2, -0.15) is 0 Å². The van der Waals surface area contributed by atoms with E-state index in [-0.39, 0.29) is 17.6 Å². The summed E-state index contributed by atoms with van der Waals surface area (Å²) in [4.78, 5) is 28.3. The standard InChI is InChI=1S/C24H22N2O4/c1-2-22(28)26-18-8-4-3-7-16(18)25-17-13-15(20-9-5-11-29-20)14-19(27)23(17)24(26)21-10-6-12-30-21/h3-12,15,24-25H,2,13-14H2,1H3/t15-,24-/m0/s1. The average molecular weight is 402 g/mol. The van der Waals surface area contributed by atoms with E-state index in [1.807, 2.05) is 49.4 Å². The summed E-state index contributed by atoms with van der Waals surface area (Å²) in [7, 11) is 0. The molecule has 1 amide bonds. The molecule has 0 radical (unpaired) electrons. The minimum atomic E-state index is -0.608. The van der Waals surface area contributed by atoms with Crippen molar-refractivity contribution in [1.82, 2.24) is 0 Å². The molecule has 0 fully saturated rings. The van der Waals surface area contributed by atoms with Crippen molar-refractivity contribution in [3.8, 4) is 0 Å². The zero-order chi connectivity index (χ0) is 20.7. The molecule has 152 valence electrons. The smallest absolute Gasteiger partial charge is 0.227 e. The Balaban J connectivity index is 1.71. The molecule has 1 N–H and O–H groups in total. The number of allylic oxidation sites excluding steroid dienone is 1. The van der Waals surface area contributed by atoms with Crippen LogP contribution in [0.15, 0.2) is 81.2 Å². The van der Waals surface area contributed by atoms with Gasteiger partial charge in [0.1, 0.15) is 17.6 Å². The number of para-hydroxylation sites is 2. The zero-order valence-electron chi connectivity index (χ0n) is 16.6. The van der Waals surface area contributed by atoms with Crippen LogP contribution in [0.2, 0.25) is 0 Å². The number of nitrogens with one attached hydrogen (secondary N) is 1. The predicted octanol–water partition coefficient (Wildman–Crippen LogP) is 5.18. The molecule has 1 aliphatic heterocycles. The number of amides is 1. The van der Waals surface area contributed by atoms with Crippen molar-refractivity contribution < 1.29 is 18.4 Å². The third kappa shape index (κ3) is 2.96. The van der Waals surface area contributed by atoms with Gasteiger partial charge in [-0.3, -0.25) is 14.5 Å². The first-order valence-electron chi connectivity index (χ1n) is 10.2. The molecule has 2 aliphatic rings. The number of fused-ring (bicyclic) bond motifs is 1. The number of anilines is 2. The summed E-state index contributed by atoms with van der Waals surface area (Å²) in [5.74, 6) is 1.25. The molecule has 6 heteroatoms. The number of carbonyl (C=O) groups excluding carboxylic acids is 2. The van der Waals surface area contributed by atoms with Gasteiger partial charge < -0.3 is 14.2 Å². The molecule has 3 aromatic rings. The van der Waals surface area contributed by atoms with Crippen molar-refractivity contribution in [2.24, 2.45) is 0 Å². The van der Waals surface area contributed by atoms with Crippen LogP contribution in [0.3, 0.4) is 0 Å². The number of Topliss-reactive ketones (excluding diaryl/α,β-unsaturated/α-hetero) is 1. The number of rotatable bonds is 3. The molecule has 0 unspecified atom stereocenters. The van der Waals surface area contributed by atoms with Crippen molar-refractivity contribution >= 4 is 23.1 Å². The third-order valence-corrected chi connectivity index (χ3v) is 5.82. The van der Waals surface area contributed by atoms with Crippen molar-refractivity contribution in [2.75, 3.05) is 10.2 Å². The fourth-order valence-electron chi connectivity index (χ4n) is 4.48. The highest BCUT2D eigenvalue weighted by Gasteiger charge is 2.42. The van der Waals surface area contributed by atoms with Gasteiger partial charge in [0.15, 0.2) is 5.78 Å². The molecule has 0 saturated heterocycles. The first-order chi connectivity index (χ1) is 14.7. The SMILES string of the molecule is CCC(=O)N1c2ccccc2NC2=C(C(=O)C[C@@H](c3ccco3)C2)[C@@H]1c1ccco1. The van der Waals surface area contributed by atoms with E-state index in [4.69, 9.17) is 8.83 Å². The molecule has 5 rings (SSSR count). The Kier molecular flexibility index (Phi) is 4.54. The van der Waals surface area contributed by atoms with E-state index >= 15 is 0 Å². The summed E-state index contributed by atoms with van der Waals surface area (Å²) in [6, 6.07) is 14.4. The van der Waals surface area contributed by atoms with Gasteiger partial charge in [0, 0.05) is 30.0 Å². The van der Waals surface area contributed by atoms with Gasteiger partial charge in [-0.1, -0.05) is 19.1 Å². The molecule has 1 aromatic carbocycles. The fraction of sp³-hybridized carbons (Fsp3) is 0.250. The number of benzene rings is 1. The van der Waals surface area contributed by atoms with Crippen LogP contribution in [0.4, 0.5) is 11.4 Å². The van der Waals surface area contributed by atoms with Gasteiger partial charge in [0.25, 0.3) is 0 Å². The van der Waals surface area contributed by atoms with Crippen LogP contribution in [0.25, 0.3) is 0 Å². The van der Waals surface area contributed by atoms with Gasteiger partial charge in [-0.25, -0.2) is 0 Å². The van der Waals surface area contributed by atoms with Crippen molar-refractivity contribution in [3.05, 3.63) is 83.8 Å². The van der Waals surface area contributed by atoms with Crippen molar-refractivity contribution in [2.45, 2.75) is 38.1 Å². The molecule has 1 aliphatic carbocycles. The van der Waals surface area contributed by atoms with E-state index in [1.54, 1.807) is 23.5 Å². The number of ketones is 1. The van der Waals surface area contributed by atoms with E-state index in [0.717, 1.165) is 22.8 Å². The molecule has 6 nitrogen and oxygen atoms in total. The molecular weight excluding hydrogens is 380 g/mol. The Labute approximate surface area is 174 Å². The zero-order valence-corrected chi connectivity index (χ0v) is 16.6. The summed E-state index contributed by atoms with van der Waals surface area (Å²) in [6.07, 6.45) is 4.47. The average Bonchev–Trinajstić information content (AvgIpc) is 3.45. The largest absolute Gasteiger partial charge is 0.469 e. The first kappa shape index (κ1) is 18.5. The molecule has 0 saturated carbocycles. The molecule has 0 spiro atoms. The third-order valence-electron chi connectivity index (χ3n) is 5.82. The van der Waals surface area contributed by atoms with E-state index in [0.29, 0.717) is 30.6 Å². The van der Waals surface area contributed by atoms with Crippen LogP contribution in [0, 0.1) is 0 Å². The maximum atomic E-state index is 13.5. The van der Waals surface area contributed by atoms with Crippen LogP contribution in [0.5, 0.6) is 0 Å². The minimum absolute atomic E-state index is 0.00624. The Morgan fingerprint density at radius 3 is 2.47 bits per heavy atom. The number of hydrogen-bond acceptors (Lipinski definition) is 5. The monoisotopic (exact) mass is 402 g/mol. The number of furan rings is 2. The molecule has 2 atom stereocenters. The molecular formula is C24H22N2O4. The molecule has 2 aromatic heterocycles. The lowest BCUT2D eigenvalue weighted by Gasteiger charge is -2.33. The van der Waals surface area contributed by atoms with Gasteiger partial charge in [-0.05, 0) is 42.8 Å². The van der Waals surface area contributed by atoms with Crippen LogP contribution >= 0.6 is 0 Å². The van der Waals surface area contributed by atoms with E-state index in [1.165, 1.54) is 0 Å². The first-order valence-corrected chi connectivity index (χ1v) is 10.2. The molecule has 30 heavy (non-hydrogen) atoms. The number of hydrogen-bond donors (Lipinski definition) is 1. The lowest BCUT2D eigenvalue weighted by molar-refractivity contribution is -0.119. The lowest BCUT2D eigenvalue weighted by atomic mass is 9.81. The Hall–Kier alpha value is -3.54. The number of nitrogens with zero attached hydrogens (tertiary/aromatic N) is 1. The summed E-state index contributed by atoms with van der Waals surface area (Å²) < 4.78 is 11.3.